The minimum atomic E-state index is -0.987. The SMILES string of the molecule is C=C(Cn1c(CNc2nc(N(C)CC(C)(C)O)nc3c(Br)cnn23)nc2cc(C)c(C)cc21)C(=O)N1CCN(c2nc(OC[C@@H]3CCCN3C)nc3c2CCN(c2cccc4cccc(Cl)c24)C3)C[C@@H]1CC#N. The molecule has 3 aromatic carbocycles. The zero-order valence-corrected chi connectivity index (χ0v) is 44.6. The summed E-state index contributed by atoms with van der Waals surface area (Å²) in [5.74, 6) is 2.05. The van der Waals surface area contributed by atoms with Crippen LogP contribution in [0, 0.1) is 25.2 Å². The average Bonchev–Trinajstić information content (AvgIpc) is 4.06. The van der Waals surface area contributed by atoms with Crippen molar-refractivity contribution in [3.63, 3.8) is 0 Å². The second kappa shape index (κ2) is 20.4. The van der Waals surface area contributed by atoms with Gasteiger partial charge in [-0.1, -0.05) is 42.4 Å². The number of likely N-dealkylation sites (N-methyl/N-ethyl adjacent to an activating group) is 2. The van der Waals surface area contributed by atoms with Crippen LogP contribution < -0.4 is 24.8 Å². The molecule has 18 nitrogen and oxygen atoms in total. The second-order valence-corrected chi connectivity index (χ2v) is 21.6. The molecular weight excluding hydrogens is 1010 g/mol. The van der Waals surface area contributed by atoms with Gasteiger partial charge in [0.2, 0.25) is 11.9 Å². The first-order valence-corrected chi connectivity index (χ1v) is 26.0. The lowest BCUT2D eigenvalue weighted by atomic mass is 10.0. The third kappa shape index (κ3) is 10.2. The molecule has 0 radical (unpaired) electrons. The van der Waals surface area contributed by atoms with Crippen LogP contribution >= 0.6 is 27.5 Å². The molecule has 20 heteroatoms. The number of halogens is 2. The molecule has 4 aromatic heterocycles. The predicted octanol–water partition coefficient (Wildman–Crippen LogP) is 7.49. The number of ether oxygens (including phenoxy) is 1. The summed E-state index contributed by atoms with van der Waals surface area (Å²) in [6.07, 6.45) is 4.65. The molecule has 73 heavy (non-hydrogen) atoms. The van der Waals surface area contributed by atoms with Crippen LogP contribution in [0.15, 0.2) is 71.4 Å². The topological polar surface area (TPSA) is 185 Å². The number of benzene rings is 3. The van der Waals surface area contributed by atoms with Crippen molar-refractivity contribution in [1.82, 2.24) is 48.9 Å². The van der Waals surface area contributed by atoms with Gasteiger partial charge in [-0.25, -0.2) is 4.98 Å². The van der Waals surface area contributed by atoms with E-state index in [1.54, 1.807) is 34.4 Å². The van der Waals surface area contributed by atoms with Crippen molar-refractivity contribution < 1.29 is 14.6 Å². The molecule has 2 N–H and O–H groups in total. The summed E-state index contributed by atoms with van der Waals surface area (Å²) in [4.78, 5) is 50.1. The minimum Gasteiger partial charge on any atom is -0.462 e. The number of piperazine rings is 1. The molecule has 0 bridgehead atoms. The Morgan fingerprint density at radius 2 is 1.84 bits per heavy atom. The summed E-state index contributed by atoms with van der Waals surface area (Å²) in [7, 11) is 3.96. The van der Waals surface area contributed by atoms with Gasteiger partial charge in [-0.05, 0) is 117 Å². The molecular formula is C53H61BrClN15O3. The van der Waals surface area contributed by atoms with E-state index in [1.165, 1.54) is 0 Å². The van der Waals surface area contributed by atoms with E-state index in [0.717, 1.165) is 81.6 Å². The molecule has 2 fully saturated rings. The number of carbonyl (C=O) groups is 1. The summed E-state index contributed by atoms with van der Waals surface area (Å²) in [5.41, 5.74) is 6.76. The van der Waals surface area contributed by atoms with Crippen LogP contribution in [-0.4, -0.2) is 138 Å². The highest BCUT2D eigenvalue weighted by atomic mass is 79.9. The van der Waals surface area contributed by atoms with Gasteiger partial charge in [0.15, 0.2) is 5.65 Å². The predicted molar refractivity (Wildman–Crippen MR) is 289 cm³/mol. The number of aliphatic hydroxyl groups is 1. The van der Waals surface area contributed by atoms with Crippen LogP contribution in [0.4, 0.5) is 23.4 Å². The number of nitriles is 1. The maximum atomic E-state index is 14.8. The molecule has 3 aliphatic rings. The number of anilines is 4. The zero-order valence-electron chi connectivity index (χ0n) is 42.2. The van der Waals surface area contributed by atoms with Crippen molar-refractivity contribution in [2.45, 2.75) is 90.7 Å². The van der Waals surface area contributed by atoms with Crippen LogP contribution in [0.3, 0.4) is 0 Å². The van der Waals surface area contributed by atoms with Gasteiger partial charge in [0.1, 0.15) is 18.2 Å². The average molecular weight is 1070 g/mol. The number of likely N-dealkylation sites (tertiary alicyclic amines) is 1. The van der Waals surface area contributed by atoms with E-state index in [1.807, 2.05) is 23.7 Å². The number of imidazole rings is 1. The Kier molecular flexibility index (Phi) is 13.9. The maximum absolute atomic E-state index is 14.8. The summed E-state index contributed by atoms with van der Waals surface area (Å²) >= 11 is 10.4. The molecule has 3 aliphatic heterocycles. The first kappa shape index (κ1) is 50.0. The van der Waals surface area contributed by atoms with Gasteiger partial charge in [0.05, 0.1) is 76.2 Å². The Labute approximate surface area is 438 Å². The van der Waals surface area contributed by atoms with Gasteiger partial charge in [-0.3, -0.25) is 4.79 Å². The molecule has 1 amide bonds. The molecule has 0 spiro atoms. The van der Waals surface area contributed by atoms with E-state index < -0.39 is 11.6 Å². The number of nitrogens with zero attached hydrogens (tertiary/aromatic N) is 14. The molecule has 2 saturated heterocycles. The molecule has 0 unspecified atom stereocenters. The monoisotopic (exact) mass is 1070 g/mol. The standard InChI is InChI=1S/C53H61BrClN15O3/c1-32-23-41-44(24-33(32)2)69(45(59-41)26-57-50-63-51(65(7)31-53(4,5)72)61-48-39(54)25-58-70(48)50)27-34(3)49(71)68-22-21-67(28-36(68)16-18-56)47-38-17-20-66(43-15-9-12-35-11-8-14-40(55)46(35)43)29-42(38)60-52(62-47)73-30-37-13-10-19-64(37)6/h8-9,11-12,14-15,23-25,36-37,72H,3,10,13,16-17,19-22,26-31H2,1-2,4-7H3,(H,57,61,63)/t36-,37-/m0/s1. The molecule has 7 heterocycles. The van der Waals surface area contributed by atoms with E-state index in [9.17, 15) is 15.2 Å². The molecule has 10 rings (SSSR count). The van der Waals surface area contributed by atoms with Crippen LogP contribution in [0.5, 0.6) is 6.01 Å². The number of aromatic nitrogens is 8. The van der Waals surface area contributed by atoms with E-state index in [2.05, 4.69) is 111 Å². The van der Waals surface area contributed by atoms with Crippen LogP contribution in [-0.2, 0) is 30.8 Å². The van der Waals surface area contributed by atoms with Gasteiger partial charge in [-0.15, -0.1) is 0 Å². The fraction of sp³-hybridized carbons (Fsp3) is 0.434. The number of carbonyl (C=O) groups excluding carboxylic acids is 1. The smallest absolute Gasteiger partial charge is 0.318 e. The number of hydrogen-bond acceptors (Lipinski definition) is 15. The number of hydrogen-bond donors (Lipinski definition) is 2. The van der Waals surface area contributed by atoms with Crippen LogP contribution in [0.2, 0.25) is 5.02 Å². The lowest BCUT2D eigenvalue weighted by molar-refractivity contribution is -0.129. The summed E-state index contributed by atoms with van der Waals surface area (Å²) < 4.78 is 10.8. The lowest BCUT2D eigenvalue weighted by Crippen LogP contribution is -2.56. The van der Waals surface area contributed by atoms with Gasteiger partial charge in [0, 0.05) is 68.0 Å². The largest absolute Gasteiger partial charge is 0.462 e. The normalized spacial score (nSPS) is 17.4. The van der Waals surface area contributed by atoms with E-state index >= 15 is 0 Å². The summed E-state index contributed by atoms with van der Waals surface area (Å²) in [6, 6.07) is 19.0. The number of nitrogens with one attached hydrogen (secondary N) is 1. The van der Waals surface area contributed by atoms with E-state index in [4.69, 9.17) is 41.3 Å². The first-order valence-electron chi connectivity index (χ1n) is 24.8. The van der Waals surface area contributed by atoms with Crippen LogP contribution in [0.1, 0.15) is 61.3 Å². The van der Waals surface area contributed by atoms with Gasteiger partial charge in [-0.2, -0.15) is 34.8 Å². The third-order valence-corrected chi connectivity index (χ3v) is 15.3. The quantitative estimate of drug-likeness (QED) is 0.0962. The maximum Gasteiger partial charge on any atom is 0.318 e. The first-order chi connectivity index (χ1) is 35.0. The Morgan fingerprint density at radius 1 is 1.04 bits per heavy atom. The van der Waals surface area contributed by atoms with E-state index in [0.29, 0.717) is 90.2 Å². The molecule has 2 atom stereocenters. The highest BCUT2D eigenvalue weighted by Gasteiger charge is 2.36. The highest BCUT2D eigenvalue weighted by Crippen LogP contribution is 2.38. The van der Waals surface area contributed by atoms with Gasteiger partial charge >= 0.3 is 6.01 Å². The van der Waals surface area contributed by atoms with Crippen molar-refractivity contribution in [1.29, 1.82) is 5.26 Å². The molecule has 7 aromatic rings. The Bertz CT molecular complexity index is 3300. The number of rotatable bonds is 15. The van der Waals surface area contributed by atoms with Crippen molar-refractivity contribution in [2.75, 3.05) is 80.0 Å². The summed E-state index contributed by atoms with van der Waals surface area (Å²) in [5, 5.41) is 31.6. The highest BCUT2D eigenvalue weighted by molar-refractivity contribution is 9.10. The molecule has 0 aliphatic carbocycles. The Hall–Kier alpha value is -6.59. The van der Waals surface area contributed by atoms with Crippen molar-refractivity contribution in [2.24, 2.45) is 0 Å². The van der Waals surface area contributed by atoms with Crippen molar-refractivity contribution in [3.05, 3.63) is 105 Å². The zero-order chi connectivity index (χ0) is 51.3. The van der Waals surface area contributed by atoms with Crippen molar-refractivity contribution in [3.8, 4) is 12.1 Å². The minimum absolute atomic E-state index is 0.126. The number of amides is 1. The van der Waals surface area contributed by atoms with Crippen LogP contribution in [0.25, 0.3) is 27.5 Å². The summed E-state index contributed by atoms with van der Waals surface area (Å²) in [6.45, 7) is 16.7. The second-order valence-electron chi connectivity index (χ2n) is 20.3. The Balaban J connectivity index is 0.909. The molecule has 0 saturated carbocycles. The number of fused-ring (bicyclic) bond motifs is 4. The fourth-order valence-corrected chi connectivity index (χ4v) is 11.2. The van der Waals surface area contributed by atoms with E-state index in [-0.39, 0.29) is 31.5 Å². The number of aryl methyl sites for hydroxylation is 2. The lowest BCUT2D eigenvalue weighted by Gasteiger charge is -2.42. The van der Waals surface area contributed by atoms with Gasteiger partial charge in [0.25, 0.3) is 5.91 Å². The van der Waals surface area contributed by atoms with Gasteiger partial charge < -0.3 is 44.2 Å². The third-order valence-electron chi connectivity index (χ3n) is 14.4. The fourth-order valence-electron chi connectivity index (χ4n) is 10.6. The Morgan fingerprint density at radius 3 is 2.60 bits per heavy atom. The molecule has 380 valence electrons. The van der Waals surface area contributed by atoms with Crippen molar-refractivity contribution >= 4 is 84.3 Å².